The number of alkyl halides is 3. The Hall–Kier alpha value is -0.660. The largest absolute Gasteiger partial charge is 0.419 e. The lowest BCUT2D eigenvalue weighted by Crippen LogP contribution is -2.58. The van der Waals surface area contributed by atoms with Crippen molar-refractivity contribution in [2.24, 2.45) is 5.73 Å². The third-order valence-corrected chi connectivity index (χ3v) is 2.93. The summed E-state index contributed by atoms with van der Waals surface area (Å²) < 4.78 is 37.8. The van der Waals surface area contributed by atoms with Gasteiger partial charge in [-0.25, -0.2) is 4.98 Å². The van der Waals surface area contributed by atoms with E-state index in [4.69, 9.17) is 5.73 Å². The van der Waals surface area contributed by atoms with Gasteiger partial charge in [-0.2, -0.15) is 13.2 Å². The average Bonchev–Trinajstić information content (AvgIpc) is 2.54. The maximum atomic E-state index is 12.6. The van der Waals surface area contributed by atoms with Crippen LogP contribution in [0.4, 0.5) is 13.2 Å². The van der Waals surface area contributed by atoms with Crippen LogP contribution in [0.3, 0.4) is 0 Å². The van der Waals surface area contributed by atoms with Crippen molar-refractivity contribution in [1.29, 1.82) is 0 Å². The summed E-state index contributed by atoms with van der Waals surface area (Å²) in [4.78, 5) is 3.70. The summed E-state index contributed by atoms with van der Waals surface area (Å²) in [6, 6.07) is -1.40. The Balaban J connectivity index is 2.93. The lowest BCUT2D eigenvalue weighted by Gasteiger charge is -2.33. The van der Waals surface area contributed by atoms with E-state index in [0.29, 0.717) is 0 Å². The molecule has 0 amide bonds. The molecule has 7 heteroatoms. The van der Waals surface area contributed by atoms with Crippen LogP contribution in [0.15, 0.2) is 11.6 Å². The fourth-order valence-electron chi connectivity index (χ4n) is 1.09. The van der Waals surface area contributed by atoms with Crippen molar-refractivity contribution in [3.63, 3.8) is 0 Å². The Kier molecular flexibility index (Phi) is 3.37. The lowest BCUT2D eigenvalue weighted by atomic mass is 9.92. The SMILES string of the molecule is CC(N)C(O)(Cc1nccs1)C(F)(F)F. The van der Waals surface area contributed by atoms with Crippen LogP contribution < -0.4 is 5.73 Å². The second kappa shape index (κ2) is 4.07. The first-order valence-corrected chi connectivity index (χ1v) is 5.08. The van der Waals surface area contributed by atoms with Gasteiger partial charge in [-0.05, 0) is 6.92 Å². The van der Waals surface area contributed by atoms with Crippen LogP contribution in [0.2, 0.25) is 0 Å². The molecule has 0 saturated heterocycles. The molecule has 0 aliphatic rings. The van der Waals surface area contributed by atoms with Crippen LogP contribution in [-0.2, 0) is 6.42 Å². The van der Waals surface area contributed by atoms with Crippen molar-refractivity contribution in [2.45, 2.75) is 31.2 Å². The molecule has 0 saturated carbocycles. The fraction of sp³-hybridized carbons (Fsp3) is 0.625. The van der Waals surface area contributed by atoms with E-state index in [1.54, 1.807) is 5.38 Å². The molecule has 3 N–H and O–H groups in total. The minimum atomic E-state index is -4.76. The molecular weight excluding hydrogens is 229 g/mol. The predicted octanol–water partition coefficient (Wildman–Crippen LogP) is 1.33. The number of nitrogens with zero attached hydrogens (tertiary/aromatic N) is 1. The molecule has 0 aromatic carbocycles. The van der Waals surface area contributed by atoms with Crippen molar-refractivity contribution in [1.82, 2.24) is 4.98 Å². The molecule has 1 heterocycles. The van der Waals surface area contributed by atoms with Crippen molar-refractivity contribution < 1.29 is 18.3 Å². The number of aliphatic hydroxyl groups is 1. The van der Waals surface area contributed by atoms with Gasteiger partial charge in [0, 0.05) is 24.0 Å². The smallest absolute Gasteiger partial charge is 0.379 e. The van der Waals surface area contributed by atoms with Gasteiger partial charge in [-0.15, -0.1) is 11.3 Å². The summed E-state index contributed by atoms with van der Waals surface area (Å²) in [6.07, 6.45) is -3.98. The van der Waals surface area contributed by atoms with E-state index in [9.17, 15) is 18.3 Å². The van der Waals surface area contributed by atoms with Gasteiger partial charge in [0.2, 0.25) is 0 Å². The number of aromatic nitrogens is 1. The highest BCUT2D eigenvalue weighted by atomic mass is 32.1. The fourth-order valence-corrected chi connectivity index (χ4v) is 1.79. The molecule has 1 aromatic heterocycles. The van der Waals surface area contributed by atoms with E-state index in [1.807, 2.05) is 0 Å². The van der Waals surface area contributed by atoms with Crippen molar-refractivity contribution >= 4 is 11.3 Å². The highest BCUT2D eigenvalue weighted by Crippen LogP contribution is 2.35. The zero-order valence-electron chi connectivity index (χ0n) is 7.95. The molecule has 1 rings (SSSR count). The van der Waals surface area contributed by atoms with Crippen LogP contribution in [0.25, 0.3) is 0 Å². The highest BCUT2D eigenvalue weighted by molar-refractivity contribution is 7.09. The first kappa shape index (κ1) is 12.4. The summed E-state index contributed by atoms with van der Waals surface area (Å²) in [5.74, 6) is 0. The van der Waals surface area contributed by atoms with Crippen LogP contribution >= 0.6 is 11.3 Å². The summed E-state index contributed by atoms with van der Waals surface area (Å²) in [5.41, 5.74) is 2.27. The van der Waals surface area contributed by atoms with Gasteiger partial charge in [0.15, 0.2) is 5.60 Å². The second-order valence-electron chi connectivity index (χ2n) is 3.31. The Labute approximate surface area is 88.7 Å². The van der Waals surface area contributed by atoms with Crippen molar-refractivity contribution in [2.75, 3.05) is 0 Å². The monoisotopic (exact) mass is 240 g/mol. The normalized spacial score (nSPS) is 18.5. The van der Waals surface area contributed by atoms with Crippen LogP contribution in [0.5, 0.6) is 0 Å². The molecule has 15 heavy (non-hydrogen) atoms. The van der Waals surface area contributed by atoms with E-state index < -0.39 is 24.2 Å². The van der Waals surface area contributed by atoms with Gasteiger partial charge >= 0.3 is 6.18 Å². The minimum absolute atomic E-state index is 0.215. The number of thiazole rings is 1. The third kappa shape index (κ3) is 2.47. The van der Waals surface area contributed by atoms with Gasteiger partial charge in [-0.3, -0.25) is 0 Å². The number of nitrogens with two attached hydrogens (primary N) is 1. The molecule has 2 atom stereocenters. The van der Waals surface area contributed by atoms with Gasteiger partial charge in [0.1, 0.15) is 0 Å². The molecule has 3 nitrogen and oxygen atoms in total. The summed E-state index contributed by atoms with van der Waals surface area (Å²) in [7, 11) is 0. The Bertz CT molecular complexity index is 312. The zero-order valence-corrected chi connectivity index (χ0v) is 8.77. The van der Waals surface area contributed by atoms with Crippen LogP contribution in [-0.4, -0.2) is 27.9 Å². The molecule has 0 bridgehead atoms. The molecule has 0 aliphatic heterocycles. The van der Waals surface area contributed by atoms with Gasteiger partial charge in [0.25, 0.3) is 0 Å². The number of hydrogen-bond donors (Lipinski definition) is 2. The number of hydrogen-bond acceptors (Lipinski definition) is 4. The molecule has 0 spiro atoms. The van der Waals surface area contributed by atoms with Gasteiger partial charge < -0.3 is 10.8 Å². The van der Waals surface area contributed by atoms with Crippen LogP contribution in [0.1, 0.15) is 11.9 Å². The minimum Gasteiger partial charge on any atom is -0.379 e. The molecule has 0 radical (unpaired) electrons. The molecular formula is C8H11F3N2OS. The second-order valence-corrected chi connectivity index (χ2v) is 4.29. The average molecular weight is 240 g/mol. The highest BCUT2D eigenvalue weighted by Gasteiger charge is 2.56. The van der Waals surface area contributed by atoms with Crippen LogP contribution in [0, 0.1) is 0 Å². The molecule has 0 aliphatic carbocycles. The summed E-state index contributed by atoms with van der Waals surface area (Å²) >= 11 is 1.06. The first-order chi connectivity index (χ1) is 6.77. The Morgan fingerprint density at radius 2 is 2.20 bits per heavy atom. The first-order valence-electron chi connectivity index (χ1n) is 4.20. The van der Waals surface area contributed by atoms with Gasteiger partial charge in [-0.1, -0.05) is 0 Å². The van der Waals surface area contributed by atoms with E-state index in [-0.39, 0.29) is 5.01 Å². The summed E-state index contributed by atoms with van der Waals surface area (Å²) in [5, 5.41) is 11.3. The summed E-state index contributed by atoms with van der Waals surface area (Å²) in [6.45, 7) is 1.13. The molecule has 1 aromatic rings. The lowest BCUT2D eigenvalue weighted by molar-refractivity contribution is -0.265. The van der Waals surface area contributed by atoms with E-state index in [1.165, 1.54) is 6.20 Å². The topological polar surface area (TPSA) is 59.1 Å². The molecule has 0 fully saturated rings. The number of rotatable bonds is 3. The van der Waals surface area contributed by atoms with Gasteiger partial charge in [0.05, 0.1) is 5.01 Å². The molecule has 2 unspecified atom stereocenters. The zero-order chi connectivity index (χ0) is 11.7. The standard InChI is InChI=1S/C8H11F3N2OS/c1-5(12)7(14,8(9,10)11)4-6-13-2-3-15-6/h2-3,5,14H,4,12H2,1H3. The maximum absolute atomic E-state index is 12.6. The Morgan fingerprint density at radius 1 is 1.60 bits per heavy atom. The van der Waals surface area contributed by atoms with Crippen molar-refractivity contribution in [3.8, 4) is 0 Å². The van der Waals surface area contributed by atoms with Crippen molar-refractivity contribution in [3.05, 3.63) is 16.6 Å². The molecule has 86 valence electrons. The van der Waals surface area contributed by atoms with E-state index >= 15 is 0 Å². The third-order valence-electron chi connectivity index (χ3n) is 2.15. The Morgan fingerprint density at radius 3 is 2.53 bits per heavy atom. The number of halogens is 3. The quantitative estimate of drug-likeness (QED) is 0.837. The van der Waals surface area contributed by atoms with E-state index in [0.717, 1.165) is 18.3 Å². The maximum Gasteiger partial charge on any atom is 0.419 e. The predicted molar refractivity (Wildman–Crippen MR) is 50.5 cm³/mol. The van der Waals surface area contributed by atoms with E-state index in [2.05, 4.69) is 4.98 Å².